The van der Waals surface area contributed by atoms with Gasteiger partial charge in [-0.1, -0.05) is 17.7 Å². The van der Waals surface area contributed by atoms with Crippen molar-refractivity contribution in [3.63, 3.8) is 0 Å². The average molecular weight is 368 g/mol. The van der Waals surface area contributed by atoms with Crippen LogP contribution in [-0.2, 0) is 6.54 Å². The van der Waals surface area contributed by atoms with Crippen LogP contribution in [0, 0.1) is 11.6 Å². The number of carbonyl (C=O) groups is 1. The van der Waals surface area contributed by atoms with Gasteiger partial charge in [0, 0.05) is 21.7 Å². The highest BCUT2D eigenvalue weighted by Gasteiger charge is 2.19. The lowest BCUT2D eigenvalue weighted by Gasteiger charge is -2.07. The molecule has 0 aliphatic carbocycles. The van der Waals surface area contributed by atoms with Gasteiger partial charge in [0.05, 0.1) is 7.11 Å². The van der Waals surface area contributed by atoms with Crippen molar-refractivity contribution in [1.29, 1.82) is 0 Å². The minimum absolute atomic E-state index is 0.143. The summed E-state index contributed by atoms with van der Waals surface area (Å²) < 4.78 is 32.5. The van der Waals surface area contributed by atoms with Gasteiger partial charge in [-0.05, 0) is 35.9 Å². The highest BCUT2D eigenvalue weighted by molar-refractivity contribution is 7.21. The molecule has 1 amide bonds. The highest BCUT2D eigenvalue weighted by atomic mass is 35.5. The Morgan fingerprint density at radius 3 is 2.62 bits per heavy atom. The molecule has 3 rings (SSSR count). The number of halogens is 3. The molecule has 0 aliphatic heterocycles. The van der Waals surface area contributed by atoms with E-state index in [9.17, 15) is 13.6 Å². The van der Waals surface area contributed by atoms with Gasteiger partial charge in [-0.3, -0.25) is 4.79 Å². The summed E-state index contributed by atoms with van der Waals surface area (Å²) in [6.07, 6.45) is 0. The third-order valence-electron chi connectivity index (χ3n) is 3.47. The zero-order valence-electron chi connectivity index (χ0n) is 12.5. The van der Waals surface area contributed by atoms with Gasteiger partial charge in [-0.25, -0.2) is 8.78 Å². The molecule has 124 valence electrons. The van der Waals surface area contributed by atoms with Crippen molar-refractivity contribution in [2.45, 2.75) is 6.54 Å². The van der Waals surface area contributed by atoms with Gasteiger partial charge in [0.15, 0.2) is 0 Å². The van der Waals surface area contributed by atoms with Crippen molar-refractivity contribution in [3.05, 3.63) is 63.5 Å². The fourth-order valence-corrected chi connectivity index (χ4v) is 3.62. The van der Waals surface area contributed by atoms with E-state index in [1.807, 2.05) is 0 Å². The molecule has 24 heavy (non-hydrogen) atoms. The maximum atomic E-state index is 13.4. The Morgan fingerprint density at radius 1 is 1.21 bits per heavy atom. The molecule has 7 heteroatoms. The Balaban J connectivity index is 1.86. The molecular formula is C17H12ClF2NO2S. The molecule has 0 aliphatic rings. The second-order valence-electron chi connectivity index (χ2n) is 5.02. The van der Waals surface area contributed by atoms with Gasteiger partial charge in [0.2, 0.25) is 0 Å². The molecule has 1 N–H and O–H groups in total. The van der Waals surface area contributed by atoms with Crippen LogP contribution in [0.15, 0.2) is 36.4 Å². The Kier molecular flexibility index (Phi) is 4.69. The number of amides is 1. The summed E-state index contributed by atoms with van der Waals surface area (Å²) in [6.45, 7) is 0.143. The fourth-order valence-electron chi connectivity index (χ4n) is 2.32. The number of hydrogen-bond donors (Lipinski definition) is 1. The Labute approximate surface area is 145 Å². The van der Waals surface area contributed by atoms with E-state index in [0.717, 1.165) is 4.70 Å². The lowest BCUT2D eigenvalue weighted by Crippen LogP contribution is -2.22. The molecule has 0 saturated carbocycles. The molecule has 1 heterocycles. The van der Waals surface area contributed by atoms with Crippen LogP contribution < -0.4 is 10.1 Å². The molecule has 0 bridgehead atoms. The van der Waals surface area contributed by atoms with Gasteiger partial charge < -0.3 is 10.1 Å². The van der Waals surface area contributed by atoms with Crippen molar-refractivity contribution in [1.82, 2.24) is 5.32 Å². The summed E-state index contributed by atoms with van der Waals surface area (Å²) in [5.41, 5.74) is 0.595. The molecule has 0 saturated heterocycles. The first-order chi connectivity index (χ1) is 11.5. The maximum Gasteiger partial charge on any atom is 0.265 e. The van der Waals surface area contributed by atoms with Gasteiger partial charge in [0.25, 0.3) is 5.91 Å². The lowest BCUT2D eigenvalue weighted by atomic mass is 10.2. The first-order valence-electron chi connectivity index (χ1n) is 6.97. The van der Waals surface area contributed by atoms with E-state index in [2.05, 4.69) is 5.32 Å². The van der Waals surface area contributed by atoms with Crippen LogP contribution in [-0.4, -0.2) is 13.0 Å². The predicted octanol–water partition coefficient (Wildman–Crippen LogP) is 4.77. The minimum Gasteiger partial charge on any atom is -0.494 e. The van der Waals surface area contributed by atoms with Crippen molar-refractivity contribution in [3.8, 4) is 5.75 Å². The van der Waals surface area contributed by atoms with Gasteiger partial charge in [0.1, 0.15) is 22.3 Å². The third kappa shape index (κ3) is 3.20. The summed E-state index contributed by atoms with van der Waals surface area (Å²) in [5, 5.41) is 3.50. The monoisotopic (exact) mass is 367 g/mol. The van der Waals surface area contributed by atoms with Crippen LogP contribution in [0.5, 0.6) is 5.75 Å². The second kappa shape index (κ2) is 6.75. The van der Waals surface area contributed by atoms with Crippen molar-refractivity contribution >= 4 is 38.9 Å². The maximum absolute atomic E-state index is 13.4. The fraction of sp³-hybridized carbons (Fsp3) is 0.118. The average Bonchev–Trinajstić information content (AvgIpc) is 2.91. The van der Waals surface area contributed by atoms with E-state index in [1.54, 1.807) is 6.07 Å². The molecule has 3 aromatic rings. The Morgan fingerprint density at radius 2 is 1.92 bits per heavy atom. The van der Waals surface area contributed by atoms with E-state index in [-0.39, 0.29) is 17.5 Å². The molecule has 0 fully saturated rings. The Hall–Kier alpha value is -2.18. The van der Waals surface area contributed by atoms with E-state index in [0.29, 0.717) is 21.6 Å². The van der Waals surface area contributed by atoms with E-state index >= 15 is 0 Å². The van der Waals surface area contributed by atoms with Crippen LogP contribution in [0.4, 0.5) is 8.78 Å². The minimum atomic E-state index is -0.441. The van der Waals surface area contributed by atoms with Crippen LogP contribution in [0.2, 0.25) is 5.02 Å². The zero-order valence-corrected chi connectivity index (χ0v) is 14.1. The molecule has 0 spiro atoms. The first-order valence-corrected chi connectivity index (χ1v) is 8.17. The van der Waals surface area contributed by atoms with Crippen molar-refractivity contribution in [2.24, 2.45) is 0 Å². The number of nitrogens with one attached hydrogen (secondary N) is 1. The Bertz CT molecular complexity index is 926. The second-order valence-corrected chi connectivity index (χ2v) is 6.48. The predicted molar refractivity (Wildman–Crippen MR) is 90.9 cm³/mol. The number of carbonyl (C=O) groups excluding carboxylic acids is 1. The SMILES string of the molecule is COc1c(C(=O)NCc2ccc(F)cc2Cl)sc2ccc(F)cc12. The summed E-state index contributed by atoms with van der Waals surface area (Å²) >= 11 is 7.15. The van der Waals surface area contributed by atoms with E-state index in [1.165, 1.54) is 48.8 Å². The molecule has 2 aromatic carbocycles. The van der Waals surface area contributed by atoms with Crippen LogP contribution >= 0.6 is 22.9 Å². The summed E-state index contributed by atoms with van der Waals surface area (Å²) in [4.78, 5) is 12.8. The topological polar surface area (TPSA) is 38.3 Å². The normalized spacial score (nSPS) is 10.8. The van der Waals surface area contributed by atoms with Gasteiger partial charge >= 0.3 is 0 Å². The smallest absolute Gasteiger partial charge is 0.265 e. The standard InChI is InChI=1S/C17H12ClF2NO2S/c1-23-15-12-6-10(19)4-5-14(12)24-16(15)17(22)21-8-9-2-3-11(20)7-13(9)18/h2-7H,8H2,1H3,(H,21,22). The number of rotatable bonds is 4. The number of fused-ring (bicyclic) bond motifs is 1. The molecular weight excluding hydrogens is 356 g/mol. The van der Waals surface area contributed by atoms with Crippen molar-refractivity contribution in [2.75, 3.05) is 7.11 Å². The third-order valence-corrected chi connectivity index (χ3v) is 4.97. The van der Waals surface area contributed by atoms with Crippen LogP contribution in [0.1, 0.15) is 15.2 Å². The molecule has 0 radical (unpaired) electrons. The quantitative estimate of drug-likeness (QED) is 0.721. The number of thiophene rings is 1. The number of ether oxygens (including phenoxy) is 1. The largest absolute Gasteiger partial charge is 0.494 e. The van der Waals surface area contributed by atoms with Gasteiger partial charge in [-0.15, -0.1) is 11.3 Å². The molecule has 1 aromatic heterocycles. The number of hydrogen-bond acceptors (Lipinski definition) is 3. The zero-order chi connectivity index (χ0) is 17.3. The first kappa shape index (κ1) is 16.7. The molecule has 3 nitrogen and oxygen atoms in total. The molecule has 0 unspecified atom stereocenters. The summed E-state index contributed by atoms with van der Waals surface area (Å²) in [7, 11) is 1.43. The van der Waals surface area contributed by atoms with E-state index in [4.69, 9.17) is 16.3 Å². The van der Waals surface area contributed by atoms with Crippen LogP contribution in [0.3, 0.4) is 0 Å². The van der Waals surface area contributed by atoms with Crippen molar-refractivity contribution < 1.29 is 18.3 Å². The number of methoxy groups -OCH3 is 1. The molecule has 0 atom stereocenters. The lowest BCUT2D eigenvalue weighted by molar-refractivity contribution is 0.0952. The van der Waals surface area contributed by atoms with E-state index < -0.39 is 11.6 Å². The number of benzene rings is 2. The van der Waals surface area contributed by atoms with Crippen LogP contribution in [0.25, 0.3) is 10.1 Å². The van der Waals surface area contributed by atoms with Gasteiger partial charge in [-0.2, -0.15) is 0 Å². The highest BCUT2D eigenvalue weighted by Crippen LogP contribution is 2.38. The summed E-state index contributed by atoms with van der Waals surface area (Å²) in [5.74, 6) is -0.877. The summed E-state index contributed by atoms with van der Waals surface area (Å²) in [6, 6.07) is 8.24.